The summed E-state index contributed by atoms with van der Waals surface area (Å²) in [5.41, 5.74) is 5.86. The lowest BCUT2D eigenvalue weighted by atomic mass is 9.90. The van der Waals surface area contributed by atoms with E-state index in [1.54, 1.807) is 13.8 Å². The lowest BCUT2D eigenvalue weighted by Gasteiger charge is -2.36. The van der Waals surface area contributed by atoms with Crippen molar-refractivity contribution in [2.75, 3.05) is 0 Å². The van der Waals surface area contributed by atoms with Crippen LogP contribution < -0.4 is 10.5 Å². The average molecular weight is 292 g/mol. The number of hydrogen-bond donors (Lipinski definition) is 1. The van der Waals surface area contributed by atoms with Crippen molar-refractivity contribution in [1.29, 1.82) is 0 Å². The van der Waals surface area contributed by atoms with E-state index in [4.69, 9.17) is 10.5 Å². The molecule has 1 heterocycles. The van der Waals surface area contributed by atoms with Crippen LogP contribution in [-0.2, 0) is 0 Å². The third kappa shape index (κ3) is 1.82. The number of rotatable bonds is 0. The second-order valence-electron chi connectivity index (χ2n) is 4.57. The van der Waals surface area contributed by atoms with Gasteiger partial charge in [0.1, 0.15) is 5.60 Å². The van der Waals surface area contributed by atoms with Gasteiger partial charge < -0.3 is 10.5 Å². The summed E-state index contributed by atoms with van der Waals surface area (Å²) in [4.78, 5) is 0. The van der Waals surface area contributed by atoms with Gasteiger partial charge in [0.2, 0.25) is 5.82 Å². The second kappa shape index (κ2) is 3.67. The Morgan fingerprint density at radius 2 is 2.12 bits per heavy atom. The fourth-order valence-corrected chi connectivity index (χ4v) is 2.66. The molecule has 0 fully saturated rings. The Hall–Kier alpha value is -0.680. The molecule has 0 amide bonds. The van der Waals surface area contributed by atoms with Crippen molar-refractivity contribution in [2.24, 2.45) is 5.73 Å². The van der Waals surface area contributed by atoms with Crippen molar-refractivity contribution in [1.82, 2.24) is 0 Å². The van der Waals surface area contributed by atoms with Gasteiger partial charge in [-0.25, -0.2) is 4.39 Å². The highest BCUT2D eigenvalue weighted by molar-refractivity contribution is 9.10. The van der Waals surface area contributed by atoms with Crippen LogP contribution in [0.5, 0.6) is 5.75 Å². The summed E-state index contributed by atoms with van der Waals surface area (Å²) >= 11 is 3.18. The largest absolute Gasteiger partial charge is 0.484 e. The van der Waals surface area contributed by atoms with Crippen LogP contribution in [0.2, 0.25) is 0 Å². The fraction of sp³-hybridized carbons (Fsp3) is 0.455. The lowest BCUT2D eigenvalue weighted by Crippen LogP contribution is -2.38. The molecule has 5 heteroatoms. The predicted molar refractivity (Wildman–Crippen MR) is 60.3 cm³/mol. The monoisotopic (exact) mass is 291 g/mol. The number of ether oxygens (including phenoxy) is 1. The number of fused-ring (bicyclic) bond motifs is 1. The minimum atomic E-state index is -0.971. The molecule has 0 saturated heterocycles. The first-order chi connectivity index (χ1) is 7.32. The van der Waals surface area contributed by atoms with Gasteiger partial charge in [-0.1, -0.05) is 15.9 Å². The molecule has 2 nitrogen and oxygen atoms in total. The molecule has 0 aliphatic carbocycles. The van der Waals surface area contributed by atoms with Crippen LogP contribution in [0.15, 0.2) is 10.5 Å². The summed E-state index contributed by atoms with van der Waals surface area (Å²) in [6, 6.07) is 0.721. The smallest absolute Gasteiger partial charge is 0.201 e. The Labute approximate surface area is 101 Å². The first kappa shape index (κ1) is 11.8. The molecule has 1 atom stereocenters. The zero-order chi connectivity index (χ0) is 12.1. The van der Waals surface area contributed by atoms with Crippen molar-refractivity contribution in [3.05, 3.63) is 27.7 Å². The molecule has 0 saturated carbocycles. The van der Waals surface area contributed by atoms with E-state index < -0.39 is 17.2 Å². The molecule has 1 aromatic rings. The van der Waals surface area contributed by atoms with Crippen molar-refractivity contribution < 1.29 is 13.5 Å². The zero-order valence-electron chi connectivity index (χ0n) is 8.98. The molecule has 0 radical (unpaired) electrons. The maximum atomic E-state index is 13.6. The molecule has 0 unspecified atom stereocenters. The molecule has 1 aliphatic rings. The highest BCUT2D eigenvalue weighted by Crippen LogP contribution is 2.44. The summed E-state index contributed by atoms with van der Waals surface area (Å²) < 4.78 is 32.7. The fourth-order valence-electron chi connectivity index (χ4n) is 1.98. The molecule has 2 rings (SSSR count). The maximum Gasteiger partial charge on any atom is 0.201 e. The Bertz CT molecular complexity index is 448. The normalized spacial score (nSPS) is 22.5. The molecular formula is C11H12BrF2NO. The summed E-state index contributed by atoms with van der Waals surface area (Å²) in [6.07, 6.45) is 0.559. The zero-order valence-corrected chi connectivity index (χ0v) is 10.6. The SMILES string of the molecule is CC1(C)C[C@@H](N)c2c(Br)cc(F)c(F)c2O1. The van der Waals surface area contributed by atoms with Crippen LogP contribution >= 0.6 is 15.9 Å². The van der Waals surface area contributed by atoms with Crippen molar-refractivity contribution in [3.63, 3.8) is 0 Å². The van der Waals surface area contributed by atoms with E-state index >= 15 is 0 Å². The van der Waals surface area contributed by atoms with Crippen molar-refractivity contribution in [2.45, 2.75) is 31.9 Å². The summed E-state index contributed by atoms with van der Waals surface area (Å²) in [5.74, 6) is -1.98. The maximum absolute atomic E-state index is 13.6. The minimum Gasteiger partial charge on any atom is -0.484 e. The first-order valence-electron chi connectivity index (χ1n) is 4.94. The van der Waals surface area contributed by atoms with E-state index in [0.29, 0.717) is 16.5 Å². The van der Waals surface area contributed by atoms with Gasteiger partial charge in [-0.15, -0.1) is 0 Å². The predicted octanol–water partition coefficient (Wildman–Crippen LogP) is 3.29. The number of nitrogens with two attached hydrogens (primary N) is 1. The molecule has 0 aromatic heterocycles. The molecule has 1 aliphatic heterocycles. The summed E-state index contributed by atoms with van der Waals surface area (Å²) in [5, 5.41) is 0. The Morgan fingerprint density at radius 3 is 2.75 bits per heavy atom. The molecule has 1 aromatic carbocycles. The van der Waals surface area contributed by atoms with Gasteiger partial charge >= 0.3 is 0 Å². The van der Waals surface area contributed by atoms with Gasteiger partial charge in [0.25, 0.3) is 0 Å². The highest BCUT2D eigenvalue weighted by atomic mass is 79.9. The van der Waals surface area contributed by atoms with Crippen molar-refractivity contribution in [3.8, 4) is 5.75 Å². The Balaban J connectivity index is 2.65. The van der Waals surface area contributed by atoms with Gasteiger partial charge in [0.15, 0.2) is 11.6 Å². The number of halogens is 3. The first-order valence-corrected chi connectivity index (χ1v) is 5.73. The molecular weight excluding hydrogens is 280 g/mol. The van der Waals surface area contributed by atoms with Gasteiger partial charge in [0.05, 0.1) is 0 Å². The standard InChI is InChI=1S/C11H12BrF2NO/c1-11(2)4-7(15)8-5(12)3-6(13)9(14)10(8)16-11/h3,7H,4,15H2,1-2H3/t7-/m1/s1. The topological polar surface area (TPSA) is 35.2 Å². The highest BCUT2D eigenvalue weighted by Gasteiger charge is 2.36. The van der Waals surface area contributed by atoms with E-state index in [-0.39, 0.29) is 11.8 Å². The van der Waals surface area contributed by atoms with Gasteiger partial charge in [-0.2, -0.15) is 4.39 Å². The molecule has 16 heavy (non-hydrogen) atoms. The van der Waals surface area contributed by atoms with Crippen LogP contribution in [0.3, 0.4) is 0 Å². The average Bonchev–Trinajstić information content (AvgIpc) is 2.11. The second-order valence-corrected chi connectivity index (χ2v) is 5.42. The minimum absolute atomic E-state index is 0.0735. The van der Waals surface area contributed by atoms with Gasteiger partial charge in [0, 0.05) is 22.5 Å². The third-order valence-electron chi connectivity index (χ3n) is 2.63. The molecule has 0 bridgehead atoms. The van der Waals surface area contributed by atoms with E-state index in [1.165, 1.54) is 0 Å². The number of hydrogen-bond acceptors (Lipinski definition) is 2. The van der Waals surface area contributed by atoms with Crippen LogP contribution in [0, 0.1) is 11.6 Å². The van der Waals surface area contributed by atoms with E-state index in [1.807, 2.05) is 0 Å². The van der Waals surface area contributed by atoms with Gasteiger partial charge in [-0.3, -0.25) is 0 Å². The van der Waals surface area contributed by atoms with Crippen molar-refractivity contribution >= 4 is 15.9 Å². The lowest BCUT2D eigenvalue weighted by molar-refractivity contribution is 0.0659. The summed E-state index contributed by atoms with van der Waals surface area (Å²) in [7, 11) is 0. The van der Waals surface area contributed by atoms with Crippen LogP contribution in [0.1, 0.15) is 31.9 Å². The van der Waals surface area contributed by atoms with Gasteiger partial charge in [-0.05, 0) is 19.9 Å². The molecule has 2 N–H and O–H groups in total. The number of benzene rings is 1. The van der Waals surface area contributed by atoms with Crippen LogP contribution in [0.4, 0.5) is 8.78 Å². The molecule has 88 valence electrons. The Kier molecular flexibility index (Phi) is 2.70. The van der Waals surface area contributed by atoms with E-state index in [2.05, 4.69) is 15.9 Å². The molecule has 0 spiro atoms. The third-order valence-corrected chi connectivity index (χ3v) is 3.28. The van der Waals surface area contributed by atoms with E-state index in [0.717, 1.165) is 6.07 Å². The van der Waals surface area contributed by atoms with Crippen LogP contribution in [-0.4, -0.2) is 5.60 Å². The quantitative estimate of drug-likeness (QED) is 0.745. The van der Waals surface area contributed by atoms with E-state index in [9.17, 15) is 8.78 Å². The Morgan fingerprint density at radius 1 is 1.50 bits per heavy atom. The van der Waals surface area contributed by atoms with Crippen LogP contribution in [0.25, 0.3) is 0 Å². The summed E-state index contributed by atoms with van der Waals surface area (Å²) in [6.45, 7) is 3.60.